The van der Waals surface area contributed by atoms with E-state index in [2.05, 4.69) is 10.1 Å². The van der Waals surface area contributed by atoms with E-state index in [4.69, 9.17) is 9.26 Å². The van der Waals surface area contributed by atoms with E-state index in [1.807, 2.05) is 25.1 Å². The molecular weight excluding hydrogens is 340 g/mol. The quantitative estimate of drug-likeness (QED) is 0.645. The molecule has 6 nitrogen and oxygen atoms in total. The van der Waals surface area contributed by atoms with Crippen LogP contribution in [0.4, 0.5) is 0 Å². The summed E-state index contributed by atoms with van der Waals surface area (Å²) in [5.41, 5.74) is 1.47. The average molecular weight is 358 g/mol. The molecule has 3 aromatic rings. The second kappa shape index (κ2) is 7.48. The van der Waals surface area contributed by atoms with Crippen LogP contribution in [0.5, 0.6) is 5.75 Å². The lowest BCUT2D eigenvalue weighted by Gasteiger charge is -2.02. The fourth-order valence-electron chi connectivity index (χ4n) is 2.36. The molecule has 0 aliphatic carbocycles. The minimum atomic E-state index is -3.39. The largest absolute Gasteiger partial charge is 0.494 e. The summed E-state index contributed by atoms with van der Waals surface area (Å²) in [6, 6.07) is 16.2. The smallest absolute Gasteiger partial charge is 0.242 e. The zero-order chi connectivity index (χ0) is 17.7. The molecule has 0 saturated carbocycles. The molecule has 0 aliphatic heterocycles. The van der Waals surface area contributed by atoms with Gasteiger partial charge < -0.3 is 9.26 Å². The minimum Gasteiger partial charge on any atom is -0.494 e. The average Bonchev–Trinajstić information content (AvgIpc) is 3.04. The van der Waals surface area contributed by atoms with Crippen LogP contribution in [0.3, 0.4) is 0 Å². The second-order valence-electron chi connectivity index (χ2n) is 5.49. The van der Waals surface area contributed by atoms with Gasteiger partial charge in [-0.05, 0) is 36.8 Å². The molecule has 0 N–H and O–H groups in total. The molecule has 0 bridgehead atoms. The molecule has 0 atom stereocenters. The van der Waals surface area contributed by atoms with Crippen molar-refractivity contribution >= 4 is 9.84 Å². The SMILES string of the molecule is CCOc1ccc(-c2noc(CS(=O)(=O)Cc3ccccc3)n2)cc1. The van der Waals surface area contributed by atoms with Crippen LogP contribution >= 0.6 is 0 Å². The molecule has 2 aromatic carbocycles. The van der Waals surface area contributed by atoms with Gasteiger partial charge in [0.05, 0.1) is 12.4 Å². The van der Waals surface area contributed by atoms with E-state index in [9.17, 15) is 8.42 Å². The zero-order valence-corrected chi connectivity index (χ0v) is 14.6. The van der Waals surface area contributed by atoms with E-state index < -0.39 is 9.84 Å². The summed E-state index contributed by atoms with van der Waals surface area (Å²) in [6.07, 6.45) is 0. The van der Waals surface area contributed by atoms with Crippen molar-refractivity contribution in [3.05, 3.63) is 66.1 Å². The standard InChI is InChI=1S/C18H18N2O4S/c1-2-23-16-10-8-15(9-11-16)18-19-17(24-20-18)13-25(21,22)12-14-6-4-3-5-7-14/h3-11H,2,12-13H2,1H3. The third kappa shape index (κ3) is 4.67. The van der Waals surface area contributed by atoms with Crippen molar-refractivity contribution in [3.8, 4) is 17.1 Å². The lowest BCUT2D eigenvalue weighted by atomic mass is 10.2. The van der Waals surface area contributed by atoms with E-state index in [0.717, 1.165) is 16.9 Å². The number of sulfone groups is 1. The third-order valence-electron chi connectivity index (χ3n) is 3.46. The van der Waals surface area contributed by atoms with E-state index in [-0.39, 0.29) is 17.4 Å². The molecule has 0 radical (unpaired) electrons. The maximum absolute atomic E-state index is 12.3. The predicted octanol–water partition coefficient (Wildman–Crippen LogP) is 3.25. The van der Waals surface area contributed by atoms with Gasteiger partial charge in [-0.2, -0.15) is 4.98 Å². The Hall–Kier alpha value is -2.67. The van der Waals surface area contributed by atoms with Gasteiger partial charge in [-0.1, -0.05) is 35.5 Å². The molecule has 1 heterocycles. The highest BCUT2D eigenvalue weighted by atomic mass is 32.2. The van der Waals surface area contributed by atoms with Crippen LogP contribution < -0.4 is 4.74 Å². The van der Waals surface area contributed by atoms with E-state index >= 15 is 0 Å². The Morgan fingerprint density at radius 2 is 1.72 bits per heavy atom. The first kappa shape index (κ1) is 17.2. The lowest BCUT2D eigenvalue weighted by molar-refractivity contribution is 0.340. The number of nitrogens with zero attached hydrogens (tertiary/aromatic N) is 2. The van der Waals surface area contributed by atoms with Crippen molar-refractivity contribution in [2.24, 2.45) is 0 Å². The maximum Gasteiger partial charge on any atom is 0.242 e. The van der Waals surface area contributed by atoms with Crippen molar-refractivity contribution in [2.75, 3.05) is 6.61 Å². The van der Waals surface area contributed by atoms with Crippen LogP contribution in [0.1, 0.15) is 18.4 Å². The van der Waals surface area contributed by atoms with Crippen molar-refractivity contribution in [3.63, 3.8) is 0 Å². The van der Waals surface area contributed by atoms with Gasteiger partial charge in [0.1, 0.15) is 11.5 Å². The van der Waals surface area contributed by atoms with Crippen molar-refractivity contribution in [1.82, 2.24) is 10.1 Å². The highest BCUT2D eigenvalue weighted by molar-refractivity contribution is 7.89. The Labute approximate surface area is 146 Å². The van der Waals surface area contributed by atoms with Crippen LogP contribution in [0.25, 0.3) is 11.4 Å². The van der Waals surface area contributed by atoms with Gasteiger partial charge in [0.15, 0.2) is 9.84 Å². The van der Waals surface area contributed by atoms with Gasteiger partial charge in [0, 0.05) is 5.56 Å². The Morgan fingerprint density at radius 1 is 1.00 bits per heavy atom. The summed E-state index contributed by atoms with van der Waals surface area (Å²) in [7, 11) is -3.39. The predicted molar refractivity (Wildman–Crippen MR) is 93.7 cm³/mol. The molecule has 130 valence electrons. The van der Waals surface area contributed by atoms with Crippen molar-refractivity contribution in [1.29, 1.82) is 0 Å². The van der Waals surface area contributed by atoms with Gasteiger partial charge in [-0.25, -0.2) is 8.42 Å². The molecule has 1 aromatic heterocycles. The van der Waals surface area contributed by atoms with Crippen molar-refractivity contribution in [2.45, 2.75) is 18.4 Å². The number of hydrogen-bond donors (Lipinski definition) is 0. The fraction of sp³-hybridized carbons (Fsp3) is 0.222. The summed E-state index contributed by atoms with van der Waals surface area (Å²) >= 11 is 0. The number of rotatable bonds is 7. The lowest BCUT2D eigenvalue weighted by Crippen LogP contribution is -2.07. The minimum absolute atomic E-state index is 0.0609. The highest BCUT2D eigenvalue weighted by Crippen LogP contribution is 2.21. The Morgan fingerprint density at radius 3 is 2.40 bits per heavy atom. The first-order valence-electron chi connectivity index (χ1n) is 7.86. The summed E-state index contributed by atoms with van der Waals surface area (Å²) in [6.45, 7) is 2.50. The number of aromatic nitrogens is 2. The van der Waals surface area contributed by atoms with Gasteiger partial charge in [-0.15, -0.1) is 0 Å². The topological polar surface area (TPSA) is 82.3 Å². The molecule has 0 spiro atoms. The molecule has 25 heavy (non-hydrogen) atoms. The number of benzene rings is 2. The van der Waals surface area contributed by atoms with E-state index in [1.165, 1.54) is 0 Å². The second-order valence-corrected chi connectivity index (χ2v) is 7.55. The number of ether oxygens (including phenoxy) is 1. The molecule has 7 heteroatoms. The highest BCUT2D eigenvalue weighted by Gasteiger charge is 2.18. The van der Waals surface area contributed by atoms with Crippen LogP contribution in [0.2, 0.25) is 0 Å². The van der Waals surface area contributed by atoms with Crippen LogP contribution in [0, 0.1) is 0 Å². The monoisotopic (exact) mass is 358 g/mol. The Balaban J connectivity index is 1.70. The fourth-order valence-corrected chi connectivity index (χ4v) is 3.66. The maximum atomic E-state index is 12.3. The van der Waals surface area contributed by atoms with E-state index in [1.54, 1.807) is 36.4 Å². The third-order valence-corrected chi connectivity index (χ3v) is 4.92. The molecule has 3 rings (SSSR count). The molecule has 0 fully saturated rings. The van der Waals surface area contributed by atoms with Gasteiger partial charge in [-0.3, -0.25) is 0 Å². The Bertz CT molecular complexity index is 919. The number of hydrogen-bond acceptors (Lipinski definition) is 6. The zero-order valence-electron chi connectivity index (χ0n) is 13.8. The summed E-state index contributed by atoms with van der Waals surface area (Å²) in [5, 5.41) is 3.86. The van der Waals surface area contributed by atoms with E-state index in [0.29, 0.717) is 12.4 Å². The molecule has 0 saturated heterocycles. The molecule has 0 unspecified atom stereocenters. The van der Waals surface area contributed by atoms with Crippen LogP contribution in [-0.2, 0) is 21.3 Å². The first-order chi connectivity index (χ1) is 12.1. The van der Waals surface area contributed by atoms with Crippen LogP contribution in [-0.4, -0.2) is 25.2 Å². The normalized spacial score (nSPS) is 11.4. The van der Waals surface area contributed by atoms with Gasteiger partial charge in [0.2, 0.25) is 11.7 Å². The summed E-state index contributed by atoms with van der Waals surface area (Å²) in [5.74, 6) is 0.841. The van der Waals surface area contributed by atoms with Gasteiger partial charge in [0.25, 0.3) is 0 Å². The molecular formula is C18H18N2O4S. The molecule has 0 aliphatic rings. The summed E-state index contributed by atoms with van der Waals surface area (Å²) < 4.78 is 35.1. The summed E-state index contributed by atoms with van der Waals surface area (Å²) in [4.78, 5) is 4.19. The first-order valence-corrected chi connectivity index (χ1v) is 9.68. The van der Waals surface area contributed by atoms with Crippen LogP contribution in [0.15, 0.2) is 59.1 Å². The van der Waals surface area contributed by atoms with Crippen molar-refractivity contribution < 1.29 is 17.7 Å². The van der Waals surface area contributed by atoms with Gasteiger partial charge >= 0.3 is 0 Å². The Kier molecular flexibility index (Phi) is 5.14. The molecule has 0 amide bonds.